The summed E-state index contributed by atoms with van der Waals surface area (Å²) in [4.78, 5) is 20.3. The fourth-order valence-corrected chi connectivity index (χ4v) is 4.49. The SMILES string of the molecule is O=C1N=Cc2cc(F)c(OCCCCN3CCN(c4cccc5ccccc45)CC3)cc21. The lowest BCUT2D eigenvalue weighted by molar-refractivity contribution is 0.101. The van der Waals surface area contributed by atoms with E-state index in [9.17, 15) is 9.18 Å². The summed E-state index contributed by atoms with van der Waals surface area (Å²) in [5.41, 5.74) is 2.24. The first-order chi connectivity index (χ1) is 15.7. The van der Waals surface area contributed by atoms with Gasteiger partial charge in [0.25, 0.3) is 5.91 Å². The minimum atomic E-state index is -0.450. The van der Waals surface area contributed by atoms with E-state index in [4.69, 9.17) is 4.74 Å². The van der Waals surface area contributed by atoms with Crippen LogP contribution in [0.2, 0.25) is 0 Å². The van der Waals surface area contributed by atoms with Gasteiger partial charge in [-0.05, 0) is 43.0 Å². The van der Waals surface area contributed by atoms with Crippen molar-refractivity contribution in [3.05, 3.63) is 71.5 Å². The van der Waals surface area contributed by atoms with Crippen LogP contribution in [-0.4, -0.2) is 56.4 Å². The lowest BCUT2D eigenvalue weighted by atomic mass is 10.1. The van der Waals surface area contributed by atoms with Gasteiger partial charge in [-0.25, -0.2) is 9.38 Å². The Morgan fingerprint density at radius 3 is 2.66 bits per heavy atom. The van der Waals surface area contributed by atoms with Crippen LogP contribution in [0.5, 0.6) is 5.75 Å². The average molecular weight is 432 g/mol. The van der Waals surface area contributed by atoms with E-state index in [1.807, 2.05) is 0 Å². The quantitative estimate of drug-likeness (QED) is 0.516. The summed E-state index contributed by atoms with van der Waals surface area (Å²) in [6.45, 7) is 5.53. The second-order valence-corrected chi connectivity index (χ2v) is 8.32. The Labute approximate surface area is 187 Å². The molecule has 2 aliphatic rings. The Hall–Kier alpha value is -3.25. The first kappa shape index (κ1) is 20.6. The second-order valence-electron chi connectivity index (χ2n) is 8.32. The number of nitrogens with zero attached hydrogens (tertiary/aromatic N) is 3. The van der Waals surface area contributed by atoms with Gasteiger partial charge < -0.3 is 9.64 Å². The molecule has 6 heteroatoms. The molecule has 1 fully saturated rings. The maximum atomic E-state index is 14.1. The highest BCUT2D eigenvalue weighted by Crippen LogP contribution is 2.28. The molecule has 0 N–H and O–H groups in total. The van der Waals surface area contributed by atoms with Gasteiger partial charge in [-0.3, -0.25) is 9.69 Å². The molecule has 164 valence electrons. The van der Waals surface area contributed by atoms with Gasteiger partial charge in [-0.1, -0.05) is 36.4 Å². The van der Waals surface area contributed by atoms with E-state index in [1.54, 1.807) is 0 Å². The molecule has 1 saturated heterocycles. The van der Waals surface area contributed by atoms with E-state index >= 15 is 0 Å². The minimum Gasteiger partial charge on any atom is -0.490 e. The summed E-state index contributed by atoms with van der Waals surface area (Å²) in [5, 5.41) is 2.59. The molecule has 5 rings (SSSR count). The predicted molar refractivity (Wildman–Crippen MR) is 126 cm³/mol. The summed E-state index contributed by atoms with van der Waals surface area (Å²) >= 11 is 0. The molecule has 3 aromatic rings. The van der Waals surface area contributed by atoms with E-state index in [1.165, 1.54) is 34.8 Å². The summed E-state index contributed by atoms with van der Waals surface area (Å²) in [6.07, 6.45) is 3.22. The van der Waals surface area contributed by atoms with Crippen molar-refractivity contribution in [3.8, 4) is 5.75 Å². The summed E-state index contributed by atoms with van der Waals surface area (Å²) in [7, 11) is 0. The molecule has 2 aliphatic heterocycles. The van der Waals surface area contributed by atoms with E-state index < -0.39 is 5.82 Å². The van der Waals surface area contributed by atoms with Gasteiger partial charge in [0.05, 0.1) is 12.2 Å². The number of unbranched alkanes of at least 4 members (excludes halogenated alkanes) is 1. The third-order valence-electron chi connectivity index (χ3n) is 6.26. The van der Waals surface area contributed by atoms with E-state index in [2.05, 4.69) is 57.3 Å². The molecule has 0 atom stereocenters. The second kappa shape index (κ2) is 9.09. The van der Waals surface area contributed by atoms with Crippen molar-refractivity contribution >= 4 is 28.6 Å². The van der Waals surface area contributed by atoms with Crippen LogP contribution < -0.4 is 9.64 Å². The predicted octanol–water partition coefficient (Wildman–Crippen LogP) is 4.53. The number of benzene rings is 3. The molecule has 0 unspecified atom stereocenters. The molecule has 3 aromatic carbocycles. The minimum absolute atomic E-state index is 0.131. The highest BCUT2D eigenvalue weighted by Gasteiger charge is 2.20. The molecule has 1 amide bonds. The van der Waals surface area contributed by atoms with Crippen LogP contribution in [0.15, 0.2) is 59.6 Å². The van der Waals surface area contributed by atoms with Gasteiger partial charge in [-0.15, -0.1) is 0 Å². The number of rotatable bonds is 7. The number of carbonyl (C=O) groups excluding carboxylic acids is 1. The van der Waals surface area contributed by atoms with Crippen molar-refractivity contribution < 1.29 is 13.9 Å². The van der Waals surface area contributed by atoms with Crippen molar-refractivity contribution in [3.63, 3.8) is 0 Å². The number of piperazine rings is 1. The lowest BCUT2D eigenvalue weighted by Crippen LogP contribution is -2.46. The van der Waals surface area contributed by atoms with Crippen LogP contribution in [0, 0.1) is 5.82 Å². The van der Waals surface area contributed by atoms with Crippen LogP contribution in [0.1, 0.15) is 28.8 Å². The van der Waals surface area contributed by atoms with Crippen molar-refractivity contribution in [2.45, 2.75) is 12.8 Å². The normalized spacial score (nSPS) is 16.0. The van der Waals surface area contributed by atoms with E-state index in [-0.39, 0.29) is 11.7 Å². The van der Waals surface area contributed by atoms with Gasteiger partial charge >= 0.3 is 0 Å². The fraction of sp³-hybridized carbons (Fsp3) is 0.308. The molecular weight excluding hydrogens is 405 g/mol. The van der Waals surface area contributed by atoms with Crippen LogP contribution in [0.3, 0.4) is 0 Å². The van der Waals surface area contributed by atoms with Crippen molar-refractivity contribution in [2.75, 3.05) is 44.2 Å². The zero-order valence-electron chi connectivity index (χ0n) is 18.0. The highest BCUT2D eigenvalue weighted by atomic mass is 19.1. The van der Waals surface area contributed by atoms with Gasteiger partial charge in [0.1, 0.15) is 0 Å². The topological polar surface area (TPSA) is 45.1 Å². The van der Waals surface area contributed by atoms with Crippen LogP contribution in [0.25, 0.3) is 10.8 Å². The van der Waals surface area contributed by atoms with Crippen LogP contribution >= 0.6 is 0 Å². The Morgan fingerprint density at radius 2 is 1.78 bits per heavy atom. The molecular formula is C26H26FN3O2. The Bertz CT molecular complexity index is 1160. The van der Waals surface area contributed by atoms with Gasteiger partial charge in [0.15, 0.2) is 11.6 Å². The highest BCUT2D eigenvalue weighted by molar-refractivity contribution is 6.13. The maximum Gasteiger partial charge on any atom is 0.277 e. The molecule has 0 bridgehead atoms. The molecule has 0 saturated carbocycles. The lowest BCUT2D eigenvalue weighted by Gasteiger charge is -2.36. The summed E-state index contributed by atoms with van der Waals surface area (Å²) in [5.74, 6) is -0.659. The number of halogens is 1. The van der Waals surface area contributed by atoms with Gasteiger partial charge in [0.2, 0.25) is 0 Å². The first-order valence-corrected chi connectivity index (χ1v) is 11.2. The van der Waals surface area contributed by atoms with Crippen LogP contribution in [0.4, 0.5) is 10.1 Å². The molecule has 0 aromatic heterocycles. The number of fused-ring (bicyclic) bond motifs is 2. The number of aliphatic imine (C=N–C) groups is 1. The summed E-state index contributed by atoms with van der Waals surface area (Å²) < 4.78 is 19.7. The largest absolute Gasteiger partial charge is 0.490 e. The third-order valence-corrected chi connectivity index (χ3v) is 6.26. The number of carbonyl (C=O) groups is 1. The average Bonchev–Trinajstić information content (AvgIpc) is 3.18. The monoisotopic (exact) mass is 431 g/mol. The molecule has 0 spiro atoms. The molecule has 32 heavy (non-hydrogen) atoms. The van der Waals surface area contributed by atoms with Crippen molar-refractivity contribution in [1.29, 1.82) is 0 Å². The Morgan fingerprint density at radius 1 is 0.969 bits per heavy atom. The molecule has 2 heterocycles. The van der Waals surface area contributed by atoms with Gasteiger partial charge in [-0.2, -0.15) is 0 Å². The maximum absolute atomic E-state index is 14.1. The molecule has 5 nitrogen and oxygen atoms in total. The Balaban J connectivity index is 1.07. The number of anilines is 1. The zero-order chi connectivity index (χ0) is 21.9. The van der Waals surface area contributed by atoms with Crippen molar-refractivity contribution in [1.82, 2.24) is 4.90 Å². The smallest absolute Gasteiger partial charge is 0.277 e. The van der Waals surface area contributed by atoms with E-state index in [0.29, 0.717) is 17.7 Å². The molecule has 0 aliphatic carbocycles. The van der Waals surface area contributed by atoms with Crippen LogP contribution in [-0.2, 0) is 0 Å². The number of hydrogen-bond acceptors (Lipinski definition) is 4. The number of hydrogen-bond donors (Lipinski definition) is 0. The summed E-state index contributed by atoms with van der Waals surface area (Å²) in [6, 6.07) is 17.8. The fourth-order valence-electron chi connectivity index (χ4n) is 4.49. The number of amides is 1. The first-order valence-electron chi connectivity index (χ1n) is 11.2. The number of ether oxygens (including phenoxy) is 1. The Kier molecular flexibility index (Phi) is 5.86. The standard InChI is InChI=1S/C26H26FN3O2/c27-23-16-20-18-28-26(31)22(20)17-25(23)32-15-4-3-10-29-11-13-30(14-12-29)24-9-5-7-19-6-1-2-8-21(19)24/h1-2,5-9,16-18H,3-4,10-15H2. The third kappa shape index (κ3) is 4.23. The van der Waals surface area contributed by atoms with E-state index in [0.717, 1.165) is 45.6 Å². The van der Waals surface area contributed by atoms with Crippen molar-refractivity contribution in [2.24, 2.45) is 4.99 Å². The molecule has 0 radical (unpaired) electrons. The van der Waals surface area contributed by atoms with Gasteiger partial charge in [0, 0.05) is 49.0 Å². The zero-order valence-corrected chi connectivity index (χ0v) is 18.0.